The van der Waals surface area contributed by atoms with Gasteiger partial charge in [-0.25, -0.2) is 18.6 Å². The molecule has 2 aromatic carbocycles. The topological polar surface area (TPSA) is 145 Å². The van der Waals surface area contributed by atoms with Crippen molar-refractivity contribution in [2.75, 3.05) is 6.26 Å². The molecular weight excluding hydrogens is 398 g/mol. The van der Waals surface area contributed by atoms with Crippen LogP contribution < -0.4 is 15.5 Å². The maximum atomic E-state index is 12.3. The Bertz CT molecular complexity index is 974. The van der Waals surface area contributed by atoms with Crippen molar-refractivity contribution in [1.82, 2.24) is 15.5 Å². The number of nitrogens with one attached hydrogen (secondary N) is 3. The summed E-state index contributed by atoms with van der Waals surface area (Å²) in [5.41, 5.74) is 4.10. The molecule has 0 fully saturated rings. The van der Waals surface area contributed by atoms with E-state index in [1.807, 2.05) is 12.1 Å². The quantitative estimate of drug-likeness (QED) is 0.308. The molecule has 0 aliphatic carbocycles. The lowest BCUT2D eigenvalue weighted by Crippen LogP contribution is -2.51. The van der Waals surface area contributed by atoms with Crippen molar-refractivity contribution in [3.05, 3.63) is 59.7 Å². The summed E-state index contributed by atoms with van der Waals surface area (Å²) in [5, 5.41) is 20.7. The highest BCUT2D eigenvalue weighted by atomic mass is 32.2. The standard InChI is InChI=1S/C19H23N3O6S/c1-12(23)17(19(25)22-26)21-18(24)15-8-6-14(7-9-15)16-5-3-4-13(10-16)11-20-29(2,27)28/h3-10,12,17,20,23,26H,11H2,1-2H3,(H,21,24)(H,22,25)/t12-,17+/m1/s1. The first-order chi connectivity index (χ1) is 13.6. The average Bonchev–Trinajstić information content (AvgIpc) is 2.69. The Morgan fingerprint density at radius 1 is 1.07 bits per heavy atom. The van der Waals surface area contributed by atoms with Crippen LogP contribution in [0.15, 0.2) is 48.5 Å². The monoisotopic (exact) mass is 421 g/mol. The molecule has 0 aromatic heterocycles. The van der Waals surface area contributed by atoms with E-state index in [2.05, 4.69) is 10.0 Å². The Morgan fingerprint density at radius 3 is 2.28 bits per heavy atom. The molecular formula is C19H23N3O6S. The normalized spacial score (nSPS) is 13.4. The fraction of sp³-hybridized carbons (Fsp3) is 0.263. The molecule has 0 aliphatic rings. The lowest BCUT2D eigenvalue weighted by Gasteiger charge is -2.19. The van der Waals surface area contributed by atoms with Gasteiger partial charge in [-0.15, -0.1) is 0 Å². The van der Waals surface area contributed by atoms with E-state index in [-0.39, 0.29) is 12.1 Å². The Balaban J connectivity index is 2.14. The molecule has 0 saturated carbocycles. The van der Waals surface area contributed by atoms with E-state index < -0.39 is 34.0 Å². The summed E-state index contributed by atoms with van der Waals surface area (Å²) in [6, 6.07) is 12.5. The lowest BCUT2D eigenvalue weighted by atomic mass is 10.0. The third kappa shape index (κ3) is 6.64. The van der Waals surface area contributed by atoms with Gasteiger partial charge in [-0.2, -0.15) is 0 Å². The molecule has 2 atom stereocenters. The fourth-order valence-corrected chi connectivity index (χ4v) is 3.02. The molecule has 0 radical (unpaired) electrons. The van der Waals surface area contributed by atoms with Gasteiger partial charge in [0.25, 0.3) is 11.8 Å². The molecule has 2 aromatic rings. The molecule has 0 unspecified atom stereocenters. The van der Waals surface area contributed by atoms with Gasteiger partial charge in [-0.3, -0.25) is 14.8 Å². The van der Waals surface area contributed by atoms with E-state index in [1.165, 1.54) is 12.4 Å². The smallest absolute Gasteiger partial charge is 0.268 e. The summed E-state index contributed by atoms with van der Waals surface area (Å²) in [7, 11) is -3.30. The van der Waals surface area contributed by atoms with E-state index in [0.29, 0.717) is 0 Å². The third-order valence-electron chi connectivity index (χ3n) is 4.11. The van der Waals surface area contributed by atoms with Crippen LogP contribution in [0.2, 0.25) is 0 Å². The number of hydroxylamine groups is 1. The van der Waals surface area contributed by atoms with Gasteiger partial charge in [-0.1, -0.05) is 30.3 Å². The molecule has 9 nitrogen and oxygen atoms in total. The van der Waals surface area contributed by atoms with Gasteiger partial charge in [-0.05, 0) is 41.8 Å². The predicted octanol–water partition coefficient (Wildman–Crippen LogP) is 0.387. The number of amides is 2. The van der Waals surface area contributed by atoms with Crippen molar-refractivity contribution in [1.29, 1.82) is 0 Å². The number of aliphatic hydroxyl groups is 1. The van der Waals surface area contributed by atoms with Crippen LogP contribution in [-0.4, -0.2) is 48.9 Å². The molecule has 156 valence electrons. The highest BCUT2D eigenvalue weighted by molar-refractivity contribution is 7.88. The molecule has 2 amide bonds. The van der Waals surface area contributed by atoms with E-state index in [1.54, 1.807) is 36.4 Å². The van der Waals surface area contributed by atoms with Gasteiger partial charge in [0.05, 0.1) is 12.4 Å². The van der Waals surface area contributed by atoms with Crippen LogP contribution in [0.1, 0.15) is 22.8 Å². The van der Waals surface area contributed by atoms with E-state index in [9.17, 15) is 23.1 Å². The van der Waals surface area contributed by atoms with Crippen LogP contribution in [0, 0.1) is 0 Å². The Hall–Kier alpha value is -2.79. The van der Waals surface area contributed by atoms with E-state index in [4.69, 9.17) is 5.21 Å². The van der Waals surface area contributed by atoms with Crippen molar-refractivity contribution >= 4 is 21.8 Å². The molecule has 5 N–H and O–H groups in total. The molecule has 10 heteroatoms. The molecule has 0 bridgehead atoms. The average molecular weight is 421 g/mol. The molecule has 0 heterocycles. The van der Waals surface area contributed by atoms with Gasteiger partial charge in [0.2, 0.25) is 10.0 Å². The van der Waals surface area contributed by atoms with Crippen molar-refractivity contribution in [3.8, 4) is 11.1 Å². The lowest BCUT2D eigenvalue weighted by molar-refractivity contribution is -0.133. The number of carbonyl (C=O) groups excluding carboxylic acids is 2. The highest BCUT2D eigenvalue weighted by Crippen LogP contribution is 2.21. The molecule has 29 heavy (non-hydrogen) atoms. The number of rotatable bonds is 8. The van der Waals surface area contributed by atoms with Crippen LogP contribution in [0.5, 0.6) is 0 Å². The van der Waals surface area contributed by atoms with Crippen LogP contribution in [0.4, 0.5) is 0 Å². The molecule has 0 aliphatic heterocycles. The van der Waals surface area contributed by atoms with Gasteiger partial charge in [0, 0.05) is 12.1 Å². The van der Waals surface area contributed by atoms with Gasteiger partial charge in [0.15, 0.2) is 0 Å². The molecule has 0 saturated heterocycles. The van der Waals surface area contributed by atoms with Crippen molar-refractivity contribution < 1.29 is 28.3 Å². The zero-order valence-corrected chi connectivity index (χ0v) is 16.7. The molecule has 0 spiro atoms. The summed E-state index contributed by atoms with van der Waals surface area (Å²) in [5.74, 6) is -1.51. The van der Waals surface area contributed by atoms with Crippen molar-refractivity contribution in [2.24, 2.45) is 0 Å². The van der Waals surface area contributed by atoms with Crippen LogP contribution >= 0.6 is 0 Å². The second kappa shape index (κ2) is 9.61. The van der Waals surface area contributed by atoms with Crippen LogP contribution in [0.25, 0.3) is 11.1 Å². The number of carbonyl (C=O) groups is 2. The van der Waals surface area contributed by atoms with E-state index >= 15 is 0 Å². The number of aliphatic hydroxyl groups excluding tert-OH is 1. The maximum Gasteiger partial charge on any atom is 0.268 e. The number of hydrogen-bond donors (Lipinski definition) is 5. The highest BCUT2D eigenvalue weighted by Gasteiger charge is 2.25. The maximum absolute atomic E-state index is 12.3. The first kappa shape index (κ1) is 22.5. The van der Waals surface area contributed by atoms with Crippen molar-refractivity contribution in [2.45, 2.75) is 25.6 Å². The zero-order chi connectivity index (χ0) is 21.6. The first-order valence-electron chi connectivity index (χ1n) is 8.67. The fourth-order valence-electron chi connectivity index (χ4n) is 2.59. The number of benzene rings is 2. The number of hydrogen-bond acceptors (Lipinski definition) is 6. The van der Waals surface area contributed by atoms with Crippen LogP contribution in [-0.2, 0) is 21.4 Å². The number of sulfonamides is 1. The summed E-state index contributed by atoms with van der Waals surface area (Å²) in [6.07, 6.45) is -0.110. The van der Waals surface area contributed by atoms with Gasteiger partial charge < -0.3 is 10.4 Å². The van der Waals surface area contributed by atoms with Gasteiger partial charge in [0.1, 0.15) is 6.04 Å². The van der Waals surface area contributed by atoms with Gasteiger partial charge >= 0.3 is 0 Å². The minimum atomic E-state index is -3.30. The summed E-state index contributed by atoms with van der Waals surface area (Å²) >= 11 is 0. The van der Waals surface area contributed by atoms with E-state index in [0.717, 1.165) is 22.9 Å². The largest absolute Gasteiger partial charge is 0.391 e. The minimum Gasteiger partial charge on any atom is -0.391 e. The van der Waals surface area contributed by atoms with Crippen LogP contribution in [0.3, 0.4) is 0 Å². The first-order valence-corrected chi connectivity index (χ1v) is 10.6. The SMILES string of the molecule is C[C@@H](O)[C@H](NC(=O)c1ccc(-c2cccc(CNS(C)(=O)=O)c2)cc1)C(=O)NO. The summed E-state index contributed by atoms with van der Waals surface area (Å²) in [6.45, 7) is 1.48. The minimum absolute atomic E-state index is 0.167. The predicted molar refractivity (Wildman–Crippen MR) is 106 cm³/mol. The molecule has 2 rings (SSSR count). The Labute approximate surface area is 168 Å². The summed E-state index contributed by atoms with van der Waals surface area (Å²) < 4.78 is 24.9. The Morgan fingerprint density at radius 2 is 1.72 bits per heavy atom. The second-order valence-corrected chi connectivity index (χ2v) is 8.37. The summed E-state index contributed by atoms with van der Waals surface area (Å²) in [4.78, 5) is 23.8. The third-order valence-corrected chi connectivity index (χ3v) is 4.78. The Kier molecular flexibility index (Phi) is 7.46. The van der Waals surface area contributed by atoms with Crippen molar-refractivity contribution in [3.63, 3.8) is 0 Å². The second-order valence-electron chi connectivity index (χ2n) is 6.54. The zero-order valence-electron chi connectivity index (χ0n) is 15.9.